The summed E-state index contributed by atoms with van der Waals surface area (Å²) in [7, 11) is 0. The van der Waals surface area contributed by atoms with Gasteiger partial charge in [0.25, 0.3) is 5.56 Å². The first kappa shape index (κ1) is 12.6. The molecule has 2 rings (SSSR count). The van der Waals surface area contributed by atoms with E-state index >= 15 is 0 Å². The SMILES string of the molecule is O=c1[nH]cnc(Sc2ccc(CO)cc2)c1I. The molecule has 0 radical (unpaired) electrons. The molecule has 0 aliphatic heterocycles. The van der Waals surface area contributed by atoms with Crippen LogP contribution in [-0.4, -0.2) is 15.1 Å². The zero-order chi connectivity index (χ0) is 12.3. The van der Waals surface area contributed by atoms with Crippen LogP contribution in [-0.2, 0) is 6.61 Å². The van der Waals surface area contributed by atoms with Crippen LogP contribution in [0.15, 0.2) is 45.3 Å². The summed E-state index contributed by atoms with van der Waals surface area (Å²) in [5.41, 5.74) is 0.734. The first-order valence-electron chi connectivity index (χ1n) is 4.81. The maximum absolute atomic E-state index is 11.4. The van der Waals surface area contributed by atoms with Crippen molar-refractivity contribution >= 4 is 34.4 Å². The largest absolute Gasteiger partial charge is 0.392 e. The molecule has 1 heterocycles. The molecule has 0 fully saturated rings. The molecule has 2 N–H and O–H groups in total. The van der Waals surface area contributed by atoms with Crippen molar-refractivity contribution < 1.29 is 5.11 Å². The Bertz CT molecular complexity index is 568. The number of benzene rings is 1. The minimum atomic E-state index is -0.130. The van der Waals surface area contributed by atoms with Crippen LogP contribution in [0.25, 0.3) is 0 Å². The van der Waals surface area contributed by atoms with Crippen LogP contribution in [0.3, 0.4) is 0 Å². The average Bonchev–Trinajstić information content (AvgIpc) is 2.36. The van der Waals surface area contributed by atoms with Gasteiger partial charge in [0.15, 0.2) is 0 Å². The Morgan fingerprint density at radius 1 is 1.35 bits per heavy atom. The van der Waals surface area contributed by atoms with E-state index in [2.05, 4.69) is 9.97 Å². The lowest BCUT2D eigenvalue weighted by atomic mass is 10.2. The molecule has 17 heavy (non-hydrogen) atoms. The lowest BCUT2D eigenvalue weighted by Gasteiger charge is -2.03. The molecule has 0 spiro atoms. The number of H-pyrrole nitrogens is 1. The molecule has 0 aliphatic rings. The lowest BCUT2D eigenvalue weighted by molar-refractivity contribution is 0.282. The fourth-order valence-electron chi connectivity index (χ4n) is 1.21. The summed E-state index contributed by atoms with van der Waals surface area (Å²) in [5, 5.41) is 9.62. The van der Waals surface area contributed by atoms with Crippen LogP contribution in [0, 0.1) is 3.57 Å². The van der Waals surface area contributed by atoms with E-state index in [0.29, 0.717) is 8.60 Å². The highest BCUT2D eigenvalue weighted by Gasteiger charge is 2.06. The number of aliphatic hydroxyl groups excluding tert-OH is 1. The van der Waals surface area contributed by atoms with Gasteiger partial charge >= 0.3 is 0 Å². The van der Waals surface area contributed by atoms with Crippen molar-refractivity contribution in [3.8, 4) is 0 Å². The zero-order valence-corrected chi connectivity index (χ0v) is 11.7. The smallest absolute Gasteiger partial charge is 0.265 e. The monoisotopic (exact) mass is 360 g/mol. The maximum atomic E-state index is 11.4. The number of halogens is 1. The van der Waals surface area contributed by atoms with Crippen LogP contribution in [0.1, 0.15) is 5.56 Å². The van der Waals surface area contributed by atoms with Crippen molar-refractivity contribution in [2.45, 2.75) is 16.5 Å². The summed E-state index contributed by atoms with van der Waals surface area (Å²) in [5.74, 6) is 0. The third-order valence-electron chi connectivity index (χ3n) is 2.09. The van der Waals surface area contributed by atoms with Crippen LogP contribution >= 0.6 is 34.4 Å². The first-order chi connectivity index (χ1) is 8.20. The van der Waals surface area contributed by atoms with Crippen molar-refractivity contribution in [3.63, 3.8) is 0 Å². The van der Waals surface area contributed by atoms with Crippen molar-refractivity contribution in [3.05, 3.63) is 50.1 Å². The van der Waals surface area contributed by atoms with Crippen molar-refractivity contribution in [1.29, 1.82) is 0 Å². The first-order valence-corrected chi connectivity index (χ1v) is 6.71. The Labute approximate surface area is 116 Å². The predicted octanol–water partition coefficient (Wildman–Crippen LogP) is 2.02. The van der Waals surface area contributed by atoms with E-state index in [9.17, 15) is 4.79 Å². The molecule has 1 aromatic heterocycles. The zero-order valence-electron chi connectivity index (χ0n) is 8.68. The van der Waals surface area contributed by atoms with Gasteiger partial charge < -0.3 is 10.1 Å². The van der Waals surface area contributed by atoms with E-state index in [4.69, 9.17) is 5.11 Å². The van der Waals surface area contributed by atoms with Crippen molar-refractivity contribution in [2.24, 2.45) is 0 Å². The molecule has 0 atom stereocenters. The molecule has 0 amide bonds. The van der Waals surface area contributed by atoms with Gasteiger partial charge in [0.05, 0.1) is 12.9 Å². The Morgan fingerprint density at radius 2 is 2.06 bits per heavy atom. The number of aromatic amines is 1. The Balaban J connectivity index is 2.25. The average molecular weight is 360 g/mol. The summed E-state index contributed by atoms with van der Waals surface area (Å²) in [6.07, 6.45) is 1.40. The molecule has 0 bridgehead atoms. The second kappa shape index (κ2) is 5.65. The van der Waals surface area contributed by atoms with E-state index in [-0.39, 0.29) is 12.2 Å². The molecular weight excluding hydrogens is 351 g/mol. The second-order valence-electron chi connectivity index (χ2n) is 3.25. The highest BCUT2D eigenvalue weighted by Crippen LogP contribution is 2.27. The Kier molecular flexibility index (Phi) is 4.19. The minimum absolute atomic E-state index is 0.0335. The topological polar surface area (TPSA) is 66.0 Å². The molecule has 1 aromatic carbocycles. The number of nitrogens with zero attached hydrogens (tertiary/aromatic N) is 1. The van der Waals surface area contributed by atoms with E-state index in [0.717, 1.165) is 10.5 Å². The fourth-order valence-corrected chi connectivity index (χ4v) is 2.62. The molecule has 4 nitrogen and oxygen atoms in total. The third-order valence-corrected chi connectivity index (χ3v) is 4.46. The fraction of sp³-hybridized carbons (Fsp3) is 0.0909. The summed E-state index contributed by atoms with van der Waals surface area (Å²) >= 11 is 3.41. The lowest BCUT2D eigenvalue weighted by Crippen LogP contribution is -2.10. The third kappa shape index (κ3) is 3.08. The molecule has 0 aliphatic carbocycles. The number of aliphatic hydroxyl groups is 1. The van der Waals surface area contributed by atoms with Crippen LogP contribution in [0.5, 0.6) is 0 Å². The standard InChI is InChI=1S/C11H9IN2O2S/c12-9-10(16)13-6-14-11(9)17-8-3-1-7(5-15)2-4-8/h1-4,6,15H,5H2,(H,13,14,16). The summed E-state index contributed by atoms with van der Waals surface area (Å²) < 4.78 is 0.585. The molecule has 6 heteroatoms. The van der Waals surface area contributed by atoms with Gasteiger partial charge in [-0.3, -0.25) is 4.79 Å². The van der Waals surface area contributed by atoms with Crippen LogP contribution < -0.4 is 5.56 Å². The molecule has 0 saturated carbocycles. The van der Waals surface area contributed by atoms with Gasteiger partial charge in [-0.25, -0.2) is 4.98 Å². The van der Waals surface area contributed by atoms with Gasteiger partial charge in [-0.1, -0.05) is 23.9 Å². The quantitative estimate of drug-likeness (QED) is 0.649. The van der Waals surface area contributed by atoms with Gasteiger partial charge in [-0.05, 0) is 40.3 Å². The minimum Gasteiger partial charge on any atom is -0.392 e. The molecule has 88 valence electrons. The highest BCUT2D eigenvalue weighted by atomic mass is 127. The van der Waals surface area contributed by atoms with Gasteiger partial charge in [0.1, 0.15) is 8.60 Å². The van der Waals surface area contributed by atoms with Crippen molar-refractivity contribution in [1.82, 2.24) is 9.97 Å². The summed E-state index contributed by atoms with van der Waals surface area (Å²) in [4.78, 5) is 19.0. The Hall–Kier alpha value is -0.860. The number of hydrogen-bond acceptors (Lipinski definition) is 4. The molecule has 2 aromatic rings. The van der Waals surface area contributed by atoms with Crippen molar-refractivity contribution in [2.75, 3.05) is 0 Å². The Morgan fingerprint density at radius 3 is 2.71 bits per heavy atom. The predicted molar refractivity (Wildman–Crippen MR) is 74.1 cm³/mol. The highest BCUT2D eigenvalue weighted by molar-refractivity contribution is 14.1. The molecule has 0 saturated heterocycles. The van der Waals surface area contributed by atoms with Crippen LogP contribution in [0.4, 0.5) is 0 Å². The van der Waals surface area contributed by atoms with E-state index < -0.39 is 0 Å². The van der Waals surface area contributed by atoms with E-state index in [1.54, 1.807) is 0 Å². The maximum Gasteiger partial charge on any atom is 0.265 e. The number of aromatic nitrogens is 2. The normalized spacial score (nSPS) is 10.5. The van der Waals surface area contributed by atoms with Gasteiger partial charge in [0.2, 0.25) is 0 Å². The van der Waals surface area contributed by atoms with E-state index in [1.807, 2.05) is 46.9 Å². The summed E-state index contributed by atoms with van der Waals surface area (Å²) in [6, 6.07) is 7.50. The van der Waals surface area contributed by atoms with Gasteiger partial charge in [-0.15, -0.1) is 0 Å². The van der Waals surface area contributed by atoms with Gasteiger partial charge in [0, 0.05) is 4.90 Å². The van der Waals surface area contributed by atoms with Gasteiger partial charge in [-0.2, -0.15) is 0 Å². The molecule has 0 unspecified atom stereocenters. The number of hydrogen-bond donors (Lipinski definition) is 2. The van der Waals surface area contributed by atoms with Crippen LogP contribution in [0.2, 0.25) is 0 Å². The number of rotatable bonds is 3. The van der Waals surface area contributed by atoms with E-state index in [1.165, 1.54) is 18.1 Å². The second-order valence-corrected chi connectivity index (χ2v) is 5.40. The summed E-state index contributed by atoms with van der Waals surface area (Å²) in [6.45, 7) is 0.0335. The molecular formula is C11H9IN2O2S. The number of nitrogens with one attached hydrogen (secondary N) is 1.